The van der Waals surface area contributed by atoms with E-state index >= 15 is 0 Å². The Morgan fingerprint density at radius 2 is 1.58 bits per heavy atom. The standard InChI is InChI=1S/C24H30N4O2S/c1-4-28(21-13-9-6-10-14-21)31(29,30)23-15-16-24(26-19-23)25-18-22(27(2)3)17-20-11-7-5-8-12-20/h5-16,19,22H,4,17-18H2,1-3H3,(H,25,26). The number of hydrogen-bond acceptors (Lipinski definition) is 5. The summed E-state index contributed by atoms with van der Waals surface area (Å²) in [6.45, 7) is 2.87. The van der Waals surface area contributed by atoms with Crippen molar-refractivity contribution in [3.8, 4) is 0 Å². The number of benzene rings is 2. The van der Waals surface area contributed by atoms with Crippen molar-refractivity contribution in [1.82, 2.24) is 9.88 Å². The maximum absolute atomic E-state index is 13.1. The summed E-state index contributed by atoms with van der Waals surface area (Å²) in [6.07, 6.45) is 2.33. The second kappa shape index (κ2) is 10.4. The zero-order valence-electron chi connectivity index (χ0n) is 18.3. The Bertz CT molecular complexity index is 1040. The number of nitrogens with one attached hydrogen (secondary N) is 1. The lowest BCUT2D eigenvalue weighted by molar-refractivity contribution is 0.303. The van der Waals surface area contributed by atoms with Crippen molar-refractivity contribution in [2.75, 3.05) is 36.8 Å². The minimum Gasteiger partial charge on any atom is -0.368 e. The van der Waals surface area contributed by atoms with E-state index in [0.717, 1.165) is 6.42 Å². The van der Waals surface area contributed by atoms with Gasteiger partial charge < -0.3 is 10.2 Å². The molecule has 0 aliphatic carbocycles. The van der Waals surface area contributed by atoms with Crippen molar-refractivity contribution in [3.05, 3.63) is 84.6 Å². The SMILES string of the molecule is CCN(c1ccccc1)S(=O)(=O)c1ccc(NCC(Cc2ccccc2)N(C)C)nc1. The van der Waals surface area contributed by atoms with Crippen LogP contribution in [0.2, 0.25) is 0 Å². The lowest BCUT2D eigenvalue weighted by atomic mass is 10.1. The fourth-order valence-electron chi connectivity index (χ4n) is 3.40. The predicted octanol–water partition coefficient (Wildman–Crippen LogP) is 3.88. The average molecular weight is 439 g/mol. The molecule has 0 radical (unpaired) electrons. The number of pyridine rings is 1. The van der Waals surface area contributed by atoms with Gasteiger partial charge in [0, 0.05) is 25.3 Å². The van der Waals surface area contributed by atoms with Gasteiger partial charge in [-0.05, 0) is 57.3 Å². The Balaban J connectivity index is 1.69. The molecule has 0 amide bonds. The summed E-state index contributed by atoms with van der Waals surface area (Å²) in [5, 5.41) is 3.34. The van der Waals surface area contributed by atoms with Gasteiger partial charge in [-0.15, -0.1) is 0 Å². The van der Waals surface area contributed by atoms with E-state index in [0.29, 0.717) is 24.6 Å². The molecule has 0 aliphatic heterocycles. The molecule has 2 aromatic carbocycles. The molecule has 0 spiro atoms. The molecule has 6 nitrogen and oxygen atoms in total. The van der Waals surface area contributed by atoms with E-state index in [1.54, 1.807) is 24.3 Å². The van der Waals surface area contributed by atoms with Gasteiger partial charge in [0.25, 0.3) is 10.0 Å². The summed E-state index contributed by atoms with van der Waals surface area (Å²) in [5.41, 5.74) is 1.92. The Hall–Kier alpha value is -2.90. The molecule has 0 saturated heterocycles. The summed E-state index contributed by atoms with van der Waals surface area (Å²) in [7, 11) is 0.442. The van der Waals surface area contributed by atoms with Crippen LogP contribution < -0.4 is 9.62 Å². The van der Waals surface area contributed by atoms with Crippen LogP contribution in [0.25, 0.3) is 0 Å². The van der Waals surface area contributed by atoms with E-state index in [-0.39, 0.29) is 10.9 Å². The molecule has 0 saturated carbocycles. The van der Waals surface area contributed by atoms with Gasteiger partial charge in [0.1, 0.15) is 10.7 Å². The molecule has 3 aromatic rings. The number of hydrogen-bond donors (Lipinski definition) is 1. The van der Waals surface area contributed by atoms with Crippen molar-refractivity contribution in [3.63, 3.8) is 0 Å². The van der Waals surface area contributed by atoms with Crippen LogP contribution in [0.3, 0.4) is 0 Å². The van der Waals surface area contributed by atoms with Crippen LogP contribution in [0.4, 0.5) is 11.5 Å². The Morgan fingerprint density at radius 3 is 2.13 bits per heavy atom. The molecule has 1 heterocycles. The molecule has 0 fully saturated rings. The Labute approximate surface area is 185 Å². The molecular formula is C24H30N4O2S. The predicted molar refractivity (Wildman–Crippen MR) is 127 cm³/mol. The van der Waals surface area contributed by atoms with Crippen LogP contribution in [0.5, 0.6) is 0 Å². The molecule has 1 atom stereocenters. The van der Waals surface area contributed by atoms with E-state index in [2.05, 4.69) is 41.4 Å². The smallest absolute Gasteiger partial charge is 0.265 e. The van der Waals surface area contributed by atoms with Gasteiger partial charge in [0.05, 0.1) is 5.69 Å². The van der Waals surface area contributed by atoms with Gasteiger partial charge in [-0.2, -0.15) is 0 Å². The topological polar surface area (TPSA) is 65.5 Å². The first kappa shape index (κ1) is 22.8. The molecule has 1 aromatic heterocycles. The lowest BCUT2D eigenvalue weighted by Gasteiger charge is -2.25. The quantitative estimate of drug-likeness (QED) is 0.520. The number of likely N-dealkylation sites (N-methyl/N-ethyl adjacent to an activating group) is 1. The third-order valence-electron chi connectivity index (χ3n) is 5.22. The minimum atomic E-state index is -3.67. The van der Waals surface area contributed by atoms with Crippen molar-refractivity contribution in [2.24, 2.45) is 0 Å². The van der Waals surface area contributed by atoms with Gasteiger partial charge in [-0.1, -0.05) is 48.5 Å². The highest BCUT2D eigenvalue weighted by Crippen LogP contribution is 2.23. The summed E-state index contributed by atoms with van der Waals surface area (Å²) in [4.78, 5) is 6.71. The van der Waals surface area contributed by atoms with Crippen LogP contribution in [0.15, 0.2) is 83.9 Å². The van der Waals surface area contributed by atoms with Crippen molar-refractivity contribution < 1.29 is 8.42 Å². The maximum Gasteiger partial charge on any atom is 0.265 e. The molecule has 7 heteroatoms. The Morgan fingerprint density at radius 1 is 0.935 bits per heavy atom. The van der Waals surface area contributed by atoms with Crippen molar-refractivity contribution in [2.45, 2.75) is 24.3 Å². The van der Waals surface area contributed by atoms with E-state index in [1.165, 1.54) is 16.1 Å². The highest BCUT2D eigenvalue weighted by atomic mass is 32.2. The van der Waals surface area contributed by atoms with Gasteiger partial charge in [-0.3, -0.25) is 4.31 Å². The molecule has 1 unspecified atom stereocenters. The minimum absolute atomic E-state index is 0.178. The first-order chi connectivity index (χ1) is 14.9. The summed E-state index contributed by atoms with van der Waals surface area (Å²) < 4.78 is 27.6. The van der Waals surface area contributed by atoms with Gasteiger partial charge in [0.2, 0.25) is 0 Å². The number of rotatable bonds is 10. The summed E-state index contributed by atoms with van der Waals surface area (Å²) in [6, 6.07) is 23.1. The normalized spacial score (nSPS) is 12.5. The second-order valence-electron chi connectivity index (χ2n) is 7.57. The van der Waals surface area contributed by atoms with E-state index < -0.39 is 10.0 Å². The molecule has 0 bridgehead atoms. The number of nitrogens with zero attached hydrogens (tertiary/aromatic N) is 3. The molecule has 31 heavy (non-hydrogen) atoms. The number of aromatic nitrogens is 1. The van der Waals surface area contributed by atoms with Crippen LogP contribution >= 0.6 is 0 Å². The largest absolute Gasteiger partial charge is 0.368 e. The van der Waals surface area contributed by atoms with Gasteiger partial charge in [-0.25, -0.2) is 13.4 Å². The van der Waals surface area contributed by atoms with Crippen LogP contribution in [-0.4, -0.2) is 51.5 Å². The highest BCUT2D eigenvalue weighted by molar-refractivity contribution is 7.92. The molecule has 1 N–H and O–H groups in total. The molecule has 164 valence electrons. The molecular weight excluding hydrogens is 408 g/mol. The average Bonchev–Trinajstić information content (AvgIpc) is 2.78. The highest BCUT2D eigenvalue weighted by Gasteiger charge is 2.24. The third-order valence-corrected chi connectivity index (χ3v) is 7.11. The first-order valence-corrected chi connectivity index (χ1v) is 11.8. The summed E-state index contributed by atoms with van der Waals surface area (Å²) >= 11 is 0. The lowest BCUT2D eigenvalue weighted by Crippen LogP contribution is -2.36. The van der Waals surface area contributed by atoms with Crippen LogP contribution in [0.1, 0.15) is 12.5 Å². The van der Waals surface area contributed by atoms with Crippen LogP contribution in [-0.2, 0) is 16.4 Å². The van der Waals surface area contributed by atoms with Crippen LogP contribution in [0, 0.1) is 0 Å². The van der Waals surface area contributed by atoms with Gasteiger partial charge >= 0.3 is 0 Å². The number of anilines is 2. The zero-order chi connectivity index (χ0) is 22.3. The number of para-hydroxylation sites is 1. The summed E-state index contributed by atoms with van der Waals surface area (Å²) in [5.74, 6) is 0.654. The van der Waals surface area contributed by atoms with Crippen molar-refractivity contribution >= 4 is 21.5 Å². The monoisotopic (exact) mass is 438 g/mol. The maximum atomic E-state index is 13.1. The zero-order valence-corrected chi connectivity index (χ0v) is 19.1. The van der Waals surface area contributed by atoms with E-state index in [1.807, 2.05) is 43.3 Å². The first-order valence-electron chi connectivity index (χ1n) is 10.4. The van der Waals surface area contributed by atoms with E-state index in [9.17, 15) is 8.42 Å². The fourth-order valence-corrected chi connectivity index (χ4v) is 4.82. The number of sulfonamides is 1. The second-order valence-corrected chi connectivity index (χ2v) is 9.43. The van der Waals surface area contributed by atoms with Crippen molar-refractivity contribution in [1.29, 1.82) is 0 Å². The third kappa shape index (κ3) is 5.83. The fraction of sp³-hybridized carbons (Fsp3) is 0.292. The Kier molecular flexibility index (Phi) is 7.65. The molecule has 3 rings (SSSR count). The van der Waals surface area contributed by atoms with Gasteiger partial charge in [0.15, 0.2) is 0 Å². The molecule has 0 aliphatic rings. The van der Waals surface area contributed by atoms with E-state index in [4.69, 9.17) is 0 Å².